The van der Waals surface area contributed by atoms with E-state index in [0.29, 0.717) is 6.42 Å². The van der Waals surface area contributed by atoms with Gasteiger partial charge in [-0.25, -0.2) is 0 Å². The van der Waals surface area contributed by atoms with Crippen LogP contribution in [0.2, 0.25) is 0 Å². The van der Waals surface area contributed by atoms with Crippen LogP contribution in [0.25, 0.3) is 0 Å². The molecule has 0 radical (unpaired) electrons. The van der Waals surface area contributed by atoms with Crippen LogP contribution in [-0.4, -0.2) is 87.5 Å². The Morgan fingerprint density at radius 1 is 0.434 bits per heavy atom. The zero-order valence-corrected chi connectivity index (χ0v) is 50.5. The van der Waals surface area contributed by atoms with Crippen molar-refractivity contribution in [2.75, 3.05) is 13.2 Å². The smallest absolute Gasteiger partial charge is 0.220 e. The topological polar surface area (TPSA) is 149 Å². The van der Waals surface area contributed by atoms with Crippen molar-refractivity contribution in [1.29, 1.82) is 0 Å². The van der Waals surface area contributed by atoms with Gasteiger partial charge >= 0.3 is 0 Å². The average molecular weight is 1080 g/mol. The quantitative estimate of drug-likeness (QED) is 0.0261. The molecule has 0 bridgehead atoms. The molecular weight excluding hydrogens is 947 g/mol. The molecule has 0 aromatic heterocycles. The van der Waals surface area contributed by atoms with Gasteiger partial charge in [-0.3, -0.25) is 4.79 Å². The number of aliphatic hydroxyl groups is 5. The number of ether oxygens (including phenoxy) is 2. The summed E-state index contributed by atoms with van der Waals surface area (Å²) in [6, 6.07) is -0.800. The lowest BCUT2D eigenvalue weighted by atomic mass is 9.99. The highest BCUT2D eigenvalue weighted by molar-refractivity contribution is 5.76. The lowest BCUT2D eigenvalue weighted by molar-refractivity contribution is -0.302. The monoisotopic (exact) mass is 1080 g/mol. The summed E-state index contributed by atoms with van der Waals surface area (Å²) in [6.07, 6.45) is 66.2. The molecule has 0 aliphatic carbocycles. The van der Waals surface area contributed by atoms with Crippen LogP contribution in [-0.2, 0) is 14.3 Å². The first-order chi connectivity index (χ1) is 37.3. The van der Waals surface area contributed by atoms with Crippen molar-refractivity contribution in [3.8, 4) is 0 Å². The van der Waals surface area contributed by atoms with Crippen molar-refractivity contribution < 1.29 is 39.8 Å². The molecule has 0 spiro atoms. The number of carbonyl (C=O) groups is 1. The van der Waals surface area contributed by atoms with E-state index in [-0.39, 0.29) is 12.5 Å². The second kappa shape index (κ2) is 57.2. The Morgan fingerprint density at radius 2 is 0.724 bits per heavy atom. The number of hydrogen-bond acceptors (Lipinski definition) is 8. The van der Waals surface area contributed by atoms with E-state index in [4.69, 9.17) is 9.47 Å². The second-order valence-electron chi connectivity index (χ2n) is 24.0. The molecule has 0 saturated carbocycles. The first kappa shape index (κ1) is 72.9. The van der Waals surface area contributed by atoms with E-state index in [1.807, 2.05) is 6.08 Å². The first-order valence-corrected chi connectivity index (χ1v) is 33.9. The van der Waals surface area contributed by atoms with Crippen LogP contribution < -0.4 is 5.32 Å². The maximum atomic E-state index is 13.1. The molecule has 452 valence electrons. The second-order valence-corrected chi connectivity index (χ2v) is 24.0. The van der Waals surface area contributed by atoms with E-state index in [9.17, 15) is 30.3 Å². The maximum Gasteiger partial charge on any atom is 0.220 e. The summed E-state index contributed by atoms with van der Waals surface area (Å²) < 4.78 is 11.3. The van der Waals surface area contributed by atoms with Gasteiger partial charge in [0.25, 0.3) is 0 Å². The van der Waals surface area contributed by atoms with Gasteiger partial charge in [-0.05, 0) is 19.3 Å². The molecule has 1 heterocycles. The maximum absolute atomic E-state index is 13.1. The first-order valence-electron chi connectivity index (χ1n) is 33.9. The Bertz CT molecular complexity index is 1200. The third-order valence-electron chi connectivity index (χ3n) is 16.6. The summed E-state index contributed by atoms with van der Waals surface area (Å²) in [5, 5.41) is 54.6. The Morgan fingerprint density at radius 3 is 1.03 bits per heavy atom. The van der Waals surface area contributed by atoms with E-state index in [1.165, 1.54) is 295 Å². The van der Waals surface area contributed by atoms with Gasteiger partial charge in [0.15, 0.2) is 6.29 Å². The van der Waals surface area contributed by atoms with Crippen LogP contribution in [0.15, 0.2) is 12.2 Å². The van der Waals surface area contributed by atoms with Gasteiger partial charge in [-0.1, -0.05) is 341 Å². The number of hydrogen-bond donors (Lipinski definition) is 6. The molecule has 9 nitrogen and oxygen atoms in total. The molecule has 1 rings (SSSR count). The van der Waals surface area contributed by atoms with Gasteiger partial charge in [0.05, 0.1) is 25.4 Å². The van der Waals surface area contributed by atoms with E-state index >= 15 is 0 Å². The lowest BCUT2D eigenvalue weighted by Gasteiger charge is -2.40. The van der Waals surface area contributed by atoms with E-state index in [1.54, 1.807) is 6.08 Å². The standard InChI is InChI=1S/C67H131NO8/c1-3-5-7-9-11-13-15-17-19-20-21-22-23-24-25-26-27-28-29-30-31-32-33-34-35-36-37-38-39-40-41-43-45-47-49-51-53-55-57-63(71)68-60(59-75-67-66(74)65(73)64(72)62(58-69)76-67)61(70)56-54-52-50-48-46-44-42-18-16-14-12-10-8-6-4-2/h54,56,60-62,64-67,69-70,72-74H,3-53,55,57-59H2,1-2H3,(H,68,71)/b56-54+. The summed E-state index contributed by atoms with van der Waals surface area (Å²) >= 11 is 0. The van der Waals surface area contributed by atoms with E-state index < -0.39 is 49.5 Å². The molecule has 76 heavy (non-hydrogen) atoms. The van der Waals surface area contributed by atoms with Crippen LogP contribution in [0.3, 0.4) is 0 Å². The Labute approximate surface area is 471 Å². The van der Waals surface area contributed by atoms with Crippen LogP contribution in [0.1, 0.15) is 354 Å². The van der Waals surface area contributed by atoms with Gasteiger partial charge in [0.1, 0.15) is 24.4 Å². The number of aliphatic hydroxyl groups excluding tert-OH is 5. The molecule has 9 heteroatoms. The van der Waals surface area contributed by atoms with Gasteiger partial charge in [0.2, 0.25) is 5.91 Å². The Balaban J connectivity index is 2.02. The molecule has 1 amide bonds. The fourth-order valence-corrected chi connectivity index (χ4v) is 11.3. The zero-order valence-electron chi connectivity index (χ0n) is 50.5. The van der Waals surface area contributed by atoms with Gasteiger partial charge in [-0.2, -0.15) is 0 Å². The van der Waals surface area contributed by atoms with E-state index in [2.05, 4.69) is 19.2 Å². The van der Waals surface area contributed by atoms with Gasteiger partial charge < -0.3 is 40.3 Å². The van der Waals surface area contributed by atoms with Crippen molar-refractivity contribution in [3.63, 3.8) is 0 Å². The predicted octanol–water partition coefficient (Wildman–Crippen LogP) is 17.9. The highest BCUT2D eigenvalue weighted by Gasteiger charge is 2.44. The summed E-state index contributed by atoms with van der Waals surface area (Å²) in [4.78, 5) is 13.1. The summed E-state index contributed by atoms with van der Waals surface area (Å²) in [5.41, 5.74) is 0. The normalized spacial score (nSPS) is 18.8. The minimum absolute atomic E-state index is 0.169. The number of unbranched alkanes of at least 4 members (excludes halogenated alkanes) is 50. The minimum Gasteiger partial charge on any atom is -0.394 e. The third kappa shape index (κ3) is 45.6. The number of nitrogens with one attached hydrogen (secondary N) is 1. The molecule has 1 aliphatic rings. The van der Waals surface area contributed by atoms with Crippen molar-refractivity contribution >= 4 is 5.91 Å². The van der Waals surface area contributed by atoms with Crippen LogP contribution in [0.4, 0.5) is 0 Å². The molecule has 6 N–H and O–H groups in total. The zero-order chi connectivity index (χ0) is 55.0. The molecule has 1 saturated heterocycles. The van der Waals surface area contributed by atoms with Crippen molar-refractivity contribution in [2.24, 2.45) is 0 Å². The van der Waals surface area contributed by atoms with Crippen molar-refractivity contribution in [3.05, 3.63) is 12.2 Å². The largest absolute Gasteiger partial charge is 0.394 e. The minimum atomic E-state index is -1.56. The summed E-state index contributed by atoms with van der Waals surface area (Å²) in [5.74, 6) is -0.169. The Hall–Kier alpha value is -1.07. The fourth-order valence-electron chi connectivity index (χ4n) is 11.3. The fraction of sp³-hybridized carbons (Fsp3) is 0.955. The van der Waals surface area contributed by atoms with Crippen molar-refractivity contribution in [1.82, 2.24) is 5.32 Å². The Kier molecular flexibility index (Phi) is 54.9. The average Bonchev–Trinajstić information content (AvgIpc) is 3.42. The highest BCUT2D eigenvalue weighted by Crippen LogP contribution is 2.23. The van der Waals surface area contributed by atoms with Crippen LogP contribution >= 0.6 is 0 Å². The predicted molar refractivity (Wildman–Crippen MR) is 323 cm³/mol. The SMILES string of the molecule is CCCCCCCCCCCCCCC/C=C/C(O)C(COC1OC(CO)C(O)C(O)C1O)NC(=O)CCCCCCCCCCCCCCCCCCCCCCCCCCCCCCCCCCCCCCCC. The van der Waals surface area contributed by atoms with Crippen LogP contribution in [0, 0.1) is 0 Å². The van der Waals surface area contributed by atoms with E-state index in [0.717, 1.165) is 38.5 Å². The molecule has 1 fully saturated rings. The van der Waals surface area contributed by atoms with Crippen molar-refractivity contribution in [2.45, 2.75) is 397 Å². The number of allylic oxidation sites excluding steroid dienone is 1. The van der Waals surface area contributed by atoms with Gasteiger partial charge in [0, 0.05) is 6.42 Å². The number of amides is 1. The summed E-state index contributed by atoms with van der Waals surface area (Å²) in [7, 11) is 0. The number of rotatable bonds is 60. The molecule has 7 unspecified atom stereocenters. The molecule has 0 aromatic rings. The molecular formula is C67H131NO8. The molecule has 0 aromatic carbocycles. The summed E-state index contributed by atoms with van der Waals surface area (Å²) in [6.45, 7) is 3.82. The number of carbonyl (C=O) groups excluding carboxylic acids is 1. The molecule has 7 atom stereocenters. The molecule has 1 aliphatic heterocycles. The van der Waals surface area contributed by atoms with Gasteiger partial charge in [-0.15, -0.1) is 0 Å². The van der Waals surface area contributed by atoms with Crippen LogP contribution in [0.5, 0.6) is 0 Å². The lowest BCUT2D eigenvalue weighted by Crippen LogP contribution is -2.60. The third-order valence-corrected chi connectivity index (χ3v) is 16.6. The highest BCUT2D eigenvalue weighted by atomic mass is 16.7.